The molecule has 0 amide bonds. The monoisotopic (exact) mass is 265 g/mol. The lowest BCUT2D eigenvalue weighted by atomic mass is 10.4. The lowest BCUT2D eigenvalue weighted by molar-refractivity contribution is -0.494. The minimum atomic E-state index is 0.382. The van der Waals surface area contributed by atoms with Gasteiger partial charge in [-0.3, -0.25) is 20.3 Å². The fraction of sp³-hybridized carbons (Fsp3) is 0.455. The van der Waals surface area contributed by atoms with Crippen molar-refractivity contribution in [2.45, 2.75) is 6.42 Å². The summed E-state index contributed by atoms with van der Waals surface area (Å²) in [5.41, 5.74) is 6.62. The van der Waals surface area contributed by atoms with E-state index >= 15 is 0 Å². The number of nitrogens with two attached hydrogens (primary N) is 1. The Morgan fingerprint density at radius 2 is 2.39 bits per heavy atom. The molecule has 0 unspecified atom stereocenters. The van der Waals surface area contributed by atoms with Crippen molar-refractivity contribution in [3.05, 3.63) is 24.3 Å². The Bertz CT molecular complexity index is 425. The highest BCUT2D eigenvalue weighted by Gasteiger charge is 2.02. The second kappa shape index (κ2) is 8.31. The zero-order chi connectivity index (χ0) is 13.2. The average Bonchev–Trinajstić information content (AvgIpc) is 2.39. The summed E-state index contributed by atoms with van der Waals surface area (Å²) in [6, 6.07) is 0. The Hall–Kier alpha value is -1.81. The highest BCUT2D eigenvalue weighted by atomic mass is 32.2. The van der Waals surface area contributed by atoms with Crippen molar-refractivity contribution in [1.82, 2.24) is 15.3 Å². The SMILES string of the molecule is C[N+](CCSCCc1cnccn1)=C(N)NC#N. The summed E-state index contributed by atoms with van der Waals surface area (Å²) in [5, 5.41) is 10.8. The normalized spacial score (nSPS) is 11.6. The quantitative estimate of drug-likeness (QED) is 0.184. The molecule has 0 spiro atoms. The van der Waals surface area contributed by atoms with E-state index < -0.39 is 0 Å². The van der Waals surface area contributed by atoms with E-state index in [2.05, 4.69) is 15.3 Å². The smallest absolute Gasteiger partial charge is 0.290 e. The minimum Gasteiger partial charge on any atom is -0.290 e. The molecule has 6 nitrogen and oxygen atoms in total. The van der Waals surface area contributed by atoms with Gasteiger partial charge in [0.1, 0.15) is 0 Å². The third-order valence-corrected chi connectivity index (χ3v) is 3.25. The average molecular weight is 265 g/mol. The van der Waals surface area contributed by atoms with Crippen molar-refractivity contribution in [2.75, 3.05) is 25.1 Å². The summed E-state index contributed by atoms with van der Waals surface area (Å²) in [5.74, 6) is 2.33. The molecular weight excluding hydrogens is 248 g/mol. The second-order valence-corrected chi connectivity index (χ2v) is 4.83. The lowest BCUT2D eigenvalue weighted by Gasteiger charge is -2.04. The van der Waals surface area contributed by atoms with E-state index in [4.69, 9.17) is 11.0 Å². The second-order valence-electron chi connectivity index (χ2n) is 3.60. The Morgan fingerprint density at radius 1 is 1.56 bits per heavy atom. The number of nitrogens with zero attached hydrogens (tertiary/aromatic N) is 4. The number of hydrogen-bond acceptors (Lipinski definition) is 4. The predicted molar refractivity (Wildman–Crippen MR) is 72.1 cm³/mol. The van der Waals surface area contributed by atoms with Crippen LogP contribution in [0.25, 0.3) is 0 Å². The van der Waals surface area contributed by atoms with Crippen LogP contribution < -0.4 is 11.1 Å². The largest absolute Gasteiger partial charge is 0.357 e. The predicted octanol–water partition coefficient (Wildman–Crippen LogP) is -0.220. The Balaban J connectivity index is 2.16. The van der Waals surface area contributed by atoms with Crippen LogP contribution in [0.2, 0.25) is 0 Å². The standard InChI is InChI=1S/C11H16N6S/c1-17(11(13)16-9-12)5-7-18-6-2-10-8-14-3-4-15-10/h3-4,8H,2,5-7H2,1H3,(H2,13,16)/p+1. The van der Waals surface area contributed by atoms with Crippen molar-refractivity contribution >= 4 is 17.7 Å². The van der Waals surface area contributed by atoms with E-state index in [1.807, 2.05) is 23.4 Å². The molecule has 0 saturated heterocycles. The van der Waals surface area contributed by atoms with Gasteiger partial charge in [-0.15, -0.1) is 0 Å². The van der Waals surface area contributed by atoms with Crippen LogP contribution in [-0.4, -0.2) is 45.6 Å². The molecule has 18 heavy (non-hydrogen) atoms. The first kappa shape index (κ1) is 14.3. The van der Waals surface area contributed by atoms with Gasteiger partial charge in [-0.2, -0.15) is 22.3 Å². The number of rotatable bonds is 6. The maximum atomic E-state index is 8.41. The van der Waals surface area contributed by atoms with Crippen LogP contribution in [-0.2, 0) is 6.42 Å². The molecule has 0 atom stereocenters. The van der Waals surface area contributed by atoms with Crippen LogP contribution in [0.1, 0.15) is 5.69 Å². The highest BCUT2D eigenvalue weighted by Crippen LogP contribution is 2.03. The van der Waals surface area contributed by atoms with Crippen molar-refractivity contribution in [1.29, 1.82) is 5.26 Å². The topological polar surface area (TPSA) is 90.6 Å². The third kappa shape index (κ3) is 5.50. The van der Waals surface area contributed by atoms with E-state index in [1.165, 1.54) is 0 Å². The Labute approximate surface area is 111 Å². The molecule has 1 rings (SSSR count). The van der Waals surface area contributed by atoms with Crippen LogP contribution in [0.15, 0.2) is 18.6 Å². The summed E-state index contributed by atoms with van der Waals surface area (Å²) < 4.78 is 1.82. The van der Waals surface area contributed by atoms with Crippen LogP contribution >= 0.6 is 11.8 Å². The Kier molecular flexibility index (Phi) is 6.58. The number of aryl methyl sites for hydroxylation is 1. The first-order valence-corrected chi connectivity index (χ1v) is 6.71. The number of thioether (sulfide) groups is 1. The van der Waals surface area contributed by atoms with Gasteiger partial charge in [0.2, 0.25) is 0 Å². The van der Waals surface area contributed by atoms with Gasteiger partial charge in [-0.1, -0.05) is 0 Å². The van der Waals surface area contributed by atoms with Crippen molar-refractivity contribution in [3.63, 3.8) is 0 Å². The molecule has 1 aromatic rings. The maximum Gasteiger partial charge on any atom is 0.357 e. The summed E-state index contributed by atoms with van der Waals surface area (Å²) in [7, 11) is 1.85. The molecule has 7 heteroatoms. The van der Waals surface area contributed by atoms with Crippen LogP contribution in [0.3, 0.4) is 0 Å². The van der Waals surface area contributed by atoms with E-state index in [0.29, 0.717) is 5.96 Å². The number of aromatic nitrogens is 2. The van der Waals surface area contributed by atoms with Gasteiger partial charge in [-0.25, -0.2) is 0 Å². The molecule has 0 aromatic carbocycles. The first-order chi connectivity index (χ1) is 8.74. The molecule has 3 N–H and O–H groups in total. The lowest BCUT2D eigenvalue weighted by Crippen LogP contribution is -2.37. The van der Waals surface area contributed by atoms with E-state index in [0.717, 1.165) is 30.2 Å². The molecule has 0 aliphatic carbocycles. The molecule has 0 saturated carbocycles. The molecule has 0 aliphatic heterocycles. The van der Waals surface area contributed by atoms with E-state index in [-0.39, 0.29) is 0 Å². The zero-order valence-corrected chi connectivity index (χ0v) is 11.2. The number of nitriles is 1. The molecule has 0 bridgehead atoms. The molecule has 0 radical (unpaired) electrons. The van der Waals surface area contributed by atoms with Gasteiger partial charge in [0.25, 0.3) is 6.19 Å². The maximum absolute atomic E-state index is 8.41. The van der Waals surface area contributed by atoms with E-state index in [9.17, 15) is 0 Å². The van der Waals surface area contributed by atoms with E-state index in [1.54, 1.807) is 24.8 Å². The Morgan fingerprint density at radius 3 is 3.06 bits per heavy atom. The molecule has 0 aliphatic rings. The molecule has 1 aromatic heterocycles. The molecule has 96 valence electrons. The third-order valence-electron chi connectivity index (χ3n) is 2.29. The van der Waals surface area contributed by atoms with Gasteiger partial charge in [-0.05, 0) is 5.75 Å². The molecule has 0 fully saturated rings. The molecular formula is C11H17N6S+. The van der Waals surface area contributed by atoms with Crippen molar-refractivity contribution in [3.8, 4) is 6.19 Å². The molecule has 1 heterocycles. The van der Waals surface area contributed by atoms with Gasteiger partial charge < -0.3 is 0 Å². The van der Waals surface area contributed by atoms with Crippen molar-refractivity contribution < 1.29 is 4.58 Å². The van der Waals surface area contributed by atoms with Crippen LogP contribution in [0.5, 0.6) is 0 Å². The number of hydrogen-bond donors (Lipinski definition) is 2. The minimum absolute atomic E-state index is 0.382. The van der Waals surface area contributed by atoms with Gasteiger partial charge in [0.05, 0.1) is 19.3 Å². The first-order valence-electron chi connectivity index (χ1n) is 5.55. The summed E-state index contributed by atoms with van der Waals surface area (Å²) in [4.78, 5) is 8.22. The fourth-order valence-electron chi connectivity index (χ4n) is 1.21. The summed E-state index contributed by atoms with van der Waals surface area (Å²) in [6.07, 6.45) is 7.88. The van der Waals surface area contributed by atoms with Crippen LogP contribution in [0, 0.1) is 11.5 Å². The fourth-order valence-corrected chi connectivity index (χ4v) is 2.17. The number of guanidine groups is 1. The summed E-state index contributed by atoms with van der Waals surface area (Å²) >= 11 is 1.82. The van der Waals surface area contributed by atoms with Crippen molar-refractivity contribution in [2.24, 2.45) is 5.73 Å². The summed E-state index contributed by atoms with van der Waals surface area (Å²) in [6.45, 7) is 0.797. The number of nitrogens with one attached hydrogen (secondary N) is 1. The van der Waals surface area contributed by atoms with Gasteiger partial charge >= 0.3 is 5.96 Å². The van der Waals surface area contributed by atoms with Gasteiger partial charge in [0, 0.05) is 30.8 Å². The van der Waals surface area contributed by atoms with Crippen LogP contribution in [0.4, 0.5) is 0 Å². The van der Waals surface area contributed by atoms with Gasteiger partial charge in [0.15, 0.2) is 0 Å². The highest BCUT2D eigenvalue weighted by molar-refractivity contribution is 7.99. The zero-order valence-electron chi connectivity index (χ0n) is 10.3.